The van der Waals surface area contributed by atoms with Crippen molar-refractivity contribution in [3.63, 3.8) is 0 Å². The van der Waals surface area contributed by atoms with Crippen LogP contribution in [0.1, 0.15) is 12.8 Å². The molecule has 130 valence electrons. The van der Waals surface area contributed by atoms with Gasteiger partial charge in [0.2, 0.25) is 5.88 Å². The van der Waals surface area contributed by atoms with E-state index in [1.807, 2.05) is 0 Å². The number of nitrogens with zero attached hydrogens (tertiary/aromatic N) is 2. The zero-order chi connectivity index (χ0) is 17.2. The van der Waals surface area contributed by atoms with Gasteiger partial charge in [-0.1, -0.05) is 18.2 Å². The quantitative estimate of drug-likeness (QED) is 0.785. The summed E-state index contributed by atoms with van der Waals surface area (Å²) in [6.45, 7) is 2.37. The Morgan fingerprint density at radius 1 is 1.12 bits per heavy atom. The minimum Gasteiger partial charge on any atom is -0.476 e. The van der Waals surface area contributed by atoms with Crippen LogP contribution in [0.15, 0.2) is 42.5 Å². The first-order valence-electron chi connectivity index (χ1n) is 8.49. The molecule has 2 heterocycles. The van der Waals surface area contributed by atoms with Gasteiger partial charge < -0.3 is 10.1 Å². The van der Waals surface area contributed by atoms with Crippen molar-refractivity contribution in [1.82, 2.24) is 15.1 Å². The normalized spacial score (nSPS) is 17.8. The van der Waals surface area contributed by atoms with Gasteiger partial charge in [-0.05, 0) is 43.7 Å². The number of aromatic nitrogens is 2. The number of hydrogen-bond donors (Lipinski definition) is 1. The van der Waals surface area contributed by atoms with Crippen LogP contribution < -0.4 is 10.1 Å². The Morgan fingerprint density at radius 3 is 2.76 bits per heavy atom. The summed E-state index contributed by atoms with van der Waals surface area (Å²) in [5.41, 5.74) is 0.758. The minimum absolute atomic E-state index is 0.210. The molecule has 1 N–H and O–H groups in total. The lowest BCUT2D eigenvalue weighted by atomic mass is 10.0. The fourth-order valence-corrected chi connectivity index (χ4v) is 3.27. The Hall–Kier alpha value is -2.47. The first-order chi connectivity index (χ1) is 12.2. The topological polar surface area (TPSA) is 39.1 Å². The number of nitrogens with one attached hydrogen (secondary N) is 1. The highest BCUT2D eigenvalue weighted by molar-refractivity contribution is 5.86. The van der Waals surface area contributed by atoms with E-state index in [4.69, 9.17) is 4.74 Å². The van der Waals surface area contributed by atoms with Gasteiger partial charge >= 0.3 is 0 Å². The average Bonchev–Trinajstić information content (AvgIpc) is 3.01. The molecule has 1 saturated heterocycles. The van der Waals surface area contributed by atoms with Gasteiger partial charge in [0.1, 0.15) is 17.3 Å². The Bertz CT molecular complexity index is 888. The molecule has 1 unspecified atom stereocenters. The highest BCUT2D eigenvalue weighted by Gasteiger charge is 2.20. The van der Waals surface area contributed by atoms with E-state index in [2.05, 4.69) is 10.4 Å². The zero-order valence-electron chi connectivity index (χ0n) is 13.7. The average molecular weight is 343 g/mol. The van der Waals surface area contributed by atoms with Crippen LogP contribution in [0.3, 0.4) is 0 Å². The summed E-state index contributed by atoms with van der Waals surface area (Å²) in [4.78, 5) is 0. The summed E-state index contributed by atoms with van der Waals surface area (Å²) in [6, 6.07) is 11.0. The molecule has 1 aromatic heterocycles. The second-order valence-corrected chi connectivity index (χ2v) is 6.33. The van der Waals surface area contributed by atoms with Gasteiger partial charge in [0.05, 0.1) is 17.5 Å². The van der Waals surface area contributed by atoms with Gasteiger partial charge in [-0.15, -0.1) is 5.10 Å². The van der Waals surface area contributed by atoms with Crippen LogP contribution in [0.25, 0.3) is 16.6 Å². The molecule has 0 amide bonds. The van der Waals surface area contributed by atoms with Crippen molar-refractivity contribution in [2.75, 3.05) is 19.7 Å². The molecule has 0 spiro atoms. The zero-order valence-corrected chi connectivity index (χ0v) is 13.7. The second kappa shape index (κ2) is 6.80. The predicted molar refractivity (Wildman–Crippen MR) is 92.1 cm³/mol. The van der Waals surface area contributed by atoms with Gasteiger partial charge in [-0.25, -0.2) is 13.5 Å². The molecule has 6 heteroatoms. The molecule has 2 aromatic carbocycles. The molecule has 1 atom stereocenters. The Morgan fingerprint density at radius 2 is 1.96 bits per heavy atom. The molecule has 1 fully saturated rings. The van der Waals surface area contributed by atoms with E-state index in [1.54, 1.807) is 30.3 Å². The van der Waals surface area contributed by atoms with E-state index in [9.17, 15) is 8.78 Å². The van der Waals surface area contributed by atoms with Crippen LogP contribution in [-0.2, 0) is 0 Å². The molecule has 1 aliphatic rings. The predicted octanol–water partition coefficient (Wildman–Crippen LogP) is 3.68. The van der Waals surface area contributed by atoms with Gasteiger partial charge in [-0.2, -0.15) is 0 Å². The van der Waals surface area contributed by atoms with Gasteiger partial charge in [0.15, 0.2) is 0 Å². The Balaban J connectivity index is 1.73. The molecule has 4 nitrogen and oxygen atoms in total. The fourth-order valence-electron chi connectivity index (χ4n) is 3.27. The summed E-state index contributed by atoms with van der Waals surface area (Å²) in [5, 5.41) is 7.98. The molecule has 4 rings (SSSR count). The number of halogens is 2. The molecular formula is C19H19F2N3O. The Kier molecular flexibility index (Phi) is 4.36. The first kappa shape index (κ1) is 16.0. The number of ether oxygens (including phenoxy) is 1. The third-order valence-electron chi connectivity index (χ3n) is 4.56. The maximum Gasteiger partial charge on any atom is 0.244 e. The third-order valence-corrected chi connectivity index (χ3v) is 4.56. The smallest absolute Gasteiger partial charge is 0.244 e. The molecule has 0 saturated carbocycles. The minimum atomic E-state index is -0.420. The standard InChI is InChI=1S/C19H19F2N3O/c20-14-6-1-2-8-16(14)24-17-9-3-7-15(21)18(17)19(23-24)25-12-13-5-4-10-22-11-13/h1-3,6-9,13,22H,4-5,10-12H2. The van der Waals surface area contributed by atoms with Crippen molar-refractivity contribution in [1.29, 1.82) is 0 Å². The number of para-hydroxylation sites is 1. The molecule has 0 aliphatic carbocycles. The van der Waals surface area contributed by atoms with Gasteiger partial charge in [0.25, 0.3) is 0 Å². The van der Waals surface area contributed by atoms with Crippen molar-refractivity contribution in [2.24, 2.45) is 5.92 Å². The fraction of sp³-hybridized carbons (Fsp3) is 0.316. The summed E-state index contributed by atoms with van der Waals surface area (Å²) in [6.07, 6.45) is 2.17. The Labute approximate surface area is 144 Å². The van der Waals surface area contributed by atoms with Crippen molar-refractivity contribution < 1.29 is 13.5 Å². The molecule has 0 bridgehead atoms. The van der Waals surface area contributed by atoms with E-state index < -0.39 is 11.6 Å². The van der Waals surface area contributed by atoms with Gasteiger partial charge in [0, 0.05) is 12.5 Å². The monoisotopic (exact) mass is 343 g/mol. The van der Waals surface area contributed by atoms with Crippen molar-refractivity contribution in [2.45, 2.75) is 12.8 Å². The van der Waals surface area contributed by atoms with Crippen LogP contribution in [-0.4, -0.2) is 29.5 Å². The van der Waals surface area contributed by atoms with E-state index in [1.165, 1.54) is 16.8 Å². The summed E-state index contributed by atoms with van der Waals surface area (Å²) >= 11 is 0. The number of piperidine rings is 1. The highest BCUT2D eigenvalue weighted by Crippen LogP contribution is 2.31. The van der Waals surface area contributed by atoms with Crippen molar-refractivity contribution in [3.05, 3.63) is 54.1 Å². The van der Waals surface area contributed by atoms with Crippen LogP contribution in [0, 0.1) is 17.6 Å². The first-order valence-corrected chi connectivity index (χ1v) is 8.49. The van der Waals surface area contributed by atoms with Crippen molar-refractivity contribution in [3.8, 4) is 11.6 Å². The van der Waals surface area contributed by atoms with Crippen molar-refractivity contribution >= 4 is 10.9 Å². The van der Waals surface area contributed by atoms with Gasteiger partial charge in [-0.3, -0.25) is 0 Å². The molecule has 25 heavy (non-hydrogen) atoms. The maximum atomic E-state index is 14.4. The van der Waals surface area contributed by atoms with Crippen LogP contribution in [0.4, 0.5) is 8.78 Å². The summed E-state index contributed by atoms with van der Waals surface area (Å²) in [7, 11) is 0. The maximum absolute atomic E-state index is 14.4. The lowest BCUT2D eigenvalue weighted by Gasteiger charge is -2.22. The lowest BCUT2D eigenvalue weighted by Crippen LogP contribution is -2.33. The van der Waals surface area contributed by atoms with E-state index >= 15 is 0 Å². The van der Waals surface area contributed by atoms with E-state index in [0.29, 0.717) is 18.0 Å². The molecule has 0 radical (unpaired) electrons. The van der Waals surface area contributed by atoms with E-state index in [0.717, 1.165) is 25.9 Å². The number of benzene rings is 2. The molecule has 3 aromatic rings. The summed E-state index contributed by atoms with van der Waals surface area (Å²) in [5.74, 6) is -0.257. The lowest BCUT2D eigenvalue weighted by molar-refractivity contribution is 0.213. The van der Waals surface area contributed by atoms with Crippen LogP contribution >= 0.6 is 0 Å². The van der Waals surface area contributed by atoms with Crippen LogP contribution in [0.2, 0.25) is 0 Å². The number of fused-ring (bicyclic) bond motifs is 1. The number of hydrogen-bond acceptors (Lipinski definition) is 3. The SMILES string of the molecule is Fc1ccccc1-n1nc(OCC2CCCNC2)c2c(F)cccc21. The largest absolute Gasteiger partial charge is 0.476 e. The summed E-state index contributed by atoms with van der Waals surface area (Å²) < 4.78 is 35.8. The third kappa shape index (κ3) is 3.09. The van der Waals surface area contributed by atoms with E-state index in [-0.39, 0.29) is 17.0 Å². The second-order valence-electron chi connectivity index (χ2n) is 6.33. The van der Waals surface area contributed by atoms with Crippen LogP contribution in [0.5, 0.6) is 5.88 Å². The highest BCUT2D eigenvalue weighted by atomic mass is 19.1. The molecule has 1 aliphatic heterocycles. The molecular weight excluding hydrogens is 324 g/mol. The number of rotatable bonds is 4.